The lowest BCUT2D eigenvalue weighted by Gasteiger charge is -2.38. The van der Waals surface area contributed by atoms with Gasteiger partial charge in [-0.2, -0.15) is 0 Å². The van der Waals surface area contributed by atoms with Gasteiger partial charge in [0.2, 0.25) is 5.91 Å². The molecule has 5 rings (SSSR count). The van der Waals surface area contributed by atoms with E-state index < -0.39 is 5.60 Å². The molecule has 7 nitrogen and oxygen atoms in total. The normalized spacial score (nSPS) is 25.2. The lowest BCUT2D eigenvalue weighted by Crippen LogP contribution is -2.48. The molecule has 4 fully saturated rings. The van der Waals surface area contributed by atoms with E-state index in [9.17, 15) is 9.59 Å². The molecule has 1 atom stereocenters. The first-order valence-electron chi connectivity index (χ1n) is 13.5. The Labute approximate surface area is 210 Å². The minimum absolute atomic E-state index is 0.229. The van der Waals surface area contributed by atoms with Crippen LogP contribution in [0.15, 0.2) is 18.2 Å². The first-order chi connectivity index (χ1) is 16.7. The molecule has 4 saturated heterocycles. The molecule has 192 valence electrons. The third kappa shape index (κ3) is 4.89. The Bertz CT molecular complexity index is 957. The Morgan fingerprint density at radius 3 is 2.34 bits per heavy atom. The van der Waals surface area contributed by atoms with E-state index in [2.05, 4.69) is 34.9 Å². The summed E-state index contributed by atoms with van der Waals surface area (Å²) in [6.45, 7) is 14.4. The monoisotopic (exact) mass is 482 g/mol. The van der Waals surface area contributed by atoms with Crippen LogP contribution in [0, 0.1) is 12.3 Å². The van der Waals surface area contributed by atoms with Gasteiger partial charge >= 0.3 is 6.09 Å². The van der Waals surface area contributed by atoms with Gasteiger partial charge in [0.05, 0.1) is 5.41 Å². The molecule has 0 bridgehead atoms. The third-order valence-electron chi connectivity index (χ3n) is 8.54. The number of benzene rings is 1. The van der Waals surface area contributed by atoms with Gasteiger partial charge in [0.1, 0.15) is 5.60 Å². The maximum absolute atomic E-state index is 13.6. The first-order valence-corrected chi connectivity index (χ1v) is 13.5. The van der Waals surface area contributed by atoms with Crippen LogP contribution in [0.3, 0.4) is 0 Å². The summed E-state index contributed by atoms with van der Waals surface area (Å²) >= 11 is 0. The fraction of sp³-hybridized carbons (Fsp3) is 0.714. The van der Waals surface area contributed by atoms with Gasteiger partial charge in [-0.3, -0.25) is 9.69 Å². The van der Waals surface area contributed by atoms with Gasteiger partial charge in [0, 0.05) is 50.1 Å². The molecular weight excluding hydrogens is 440 g/mol. The molecule has 2 amide bonds. The largest absolute Gasteiger partial charge is 0.444 e. The van der Waals surface area contributed by atoms with E-state index in [1.54, 1.807) is 4.90 Å². The van der Waals surface area contributed by atoms with Crippen molar-refractivity contribution < 1.29 is 14.3 Å². The SMILES string of the molecule is Cc1cc(N2CCC(N3CCCC3)C2)ccc1N1CCC2(CCN(C(=O)OC(C)(C)C)CC2)C1=O. The van der Waals surface area contributed by atoms with E-state index in [4.69, 9.17) is 4.74 Å². The highest BCUT2D eigenvalue weighted by molar-refractivity contribution is 6.00. The Morgan fingerprint density at radius 2 is 1.69 bits per heavy atom. The van der Waals surface area contributed by atoms with Crippen LogP contribution in [0.5, 0.6) is 0 Å². The molecule has 0 saturated carbocycles. The number of hydrogen-bond acceptors (Lipinski definition) is 5. The van der Waals surface area contributed by atoms with Crippen molar-refractivity contribution in [3.8, 4) is 0 Å². The zero-order valence-electron chi connectivity index (χ0n) is 22.0. The van der Waals surface area contributed by atoms with Gasteiger partial charge in [0.15, 0.2) is 0 Å². The van der Waals surface area contributed by atoms with E-state index in [0.717, 1.165) is 31.7 Å². The predicted octanol–water partition coefficient (Wildman–Crippen LogP) is 4.42. The molecular formula is C28H42N4O3. The van der Waals surface area contributed by atoms with Crippen molar-refractivity contribution in [2.75, 3.05) is 55.6 Å². The average molecular weight is 483 g/mol. The summed E-state index contributed by atoms with van der Waals surface area (Å²) in [7, 11) is 0. The quantitative estimate of drug-likeness (QED) is 0.638. The molecule has 4 aliphatic heterocycles. The standard InChI is InChI=1S/C28H42N4O3/c1-21-19-22(31-15-9-23(20-31)29-13-5-6-14-29)7-8-24(21)32-18-12-28(25(32)33)10-16-30(17-11-28)26(34)35-27(2,3)4/h7-8,19,23H,5-6,9-18,20H2,1-4H3. The van der Waals surface area contributed by atoms with Crippen LogP contribution >= 0.6 is 0 Å². The van der Waals surface area contributed by atoms with Gasteiger partial charge < -0.3 is 19.4 Å². The number of ether oxygens (including phenoxy) is 1. The van der Waals surface area contributed by atoms with Crippen LogP contribution in [0.25, 0.3) is 0 Å². The molecule has 4 aliphatic rings. The summed E-state index contributed by atoms with van der Waals surface area (Å²) in [5, 5.41) is 0. The molecule has 0 aliphatic carbocycles. The maximum Gasteiger partial charge on any atom is 0.410 e. The van der Waals surface area contributed by atoms with Gasteiger partial charge in [-0.25, -0.2) is 4.79 Å². The Hall–Kier alpha value is -2.28. The molecule has 0 N–H and O–H groups in total. The summed E-state index contributed by atoms with van der Waals surface area (Å²) in [6.07, 6.45) is 5.94. The number of hydrogen-bond donors (Lipinski definition) is 0. The Balaban J connectivity index is 1.21. The van der Waals surface area contributed by atoms with Crippen LogP contribution < -0.4 is 9.80 Å². The summed E-state index contributed by atoms with van der Waals surface area (Å²) in [6, 6.07) is 7.31. The summed E-state index contributed by atoms with van der Waals surface area (Å²) in [5.74, 6) is 0.229. The van der Waals surface area contributed by atoms with E-state index in [1.165, 1.54) is 43.6 Å². The lowest BCUT2D eigenvalue weighted by molar-refractivity contribution is -0.128. The van der Waals surface area contributed by atoms with Gasteiger partial charge in [-0.15, -0.1) is 0 Å². The molecule has 0 radical (unpaired) electrons. The zero-order valence-corrected chi connectivity index (χ0v) is 22.0. The average Bonchev–Trinajstić information content (AvgIpc) is 3.55. The highest BCUT2D eigenvalue weighted by Gasteiger charge is 2.49. The first kappa shape index (κ1) is 24.4. The minimum atomic E-state index is -0.500. The number of amides is 2. The molecule has 0 aromatic heterocycles. The third-order valence-corrected chi connectivity index (χ3v) is 8.54. The topological polar surface area (TPSA) is 56.3 Å². The maximum atomic E-state index is 13.6. The van der Waals surface area contributed by atoms with E-state index in [0.29, 0.717) is 32.0 Å². The van der Waals surface area contributed by atoms with Crippen molar-refractivity contribution in [1.82, 2.24) is 9.80 Å². The molecule has 1 aromatic carbocycles. The van der Waals surface area contributed by atoms with Crippen LogP contribution in [-0.4, -0.2) is 79.3 Å². The number of aryl methyl sites for hydroxylation is 1. The zero-order chi connectivity index (χ0) is 24.8. The fourth-order valence-corrected chi connectivity index (χ4v) is 6.48. The molecule has 1 aromatic rings. The van der Waals surface area contributed by atoms with Crippen molar-refractivity contribution in [3.05, 3.63) is 23.8 Å². The number of nitrogens with zero attached hydrogens (tertiary/aromatic N) is 4. The summed E-state index contributed by atoms with van der Waals surface area (Å²) in [4.78, 5) is 35.1. The summed E-state index contributed by atoms with van der Waals surface area (Å²) < 4.78 is 5.54. The van der Waals surface area contributed by atoms with Gasteiger partial charge in [-0.1, -0.05) is 0 Å². The minimum Gasteiger partial charge on any atom is -0.444 e. The van der Waals surface area contributed by atoms with Crippen molar-refractivity contribution in [3.63, 3.8) is 0 Å². The Kier molecular flexibility index (Phi) is 6.49. The van der Waals surface area contributed by atoms with Gasteiger partial charge in [-0.05, 0) is 103 Å². The van der Waals surface area contributed by atoms with Gasteiger partial charge in [0.25, 0.3) is 0 Å². The lowest BCUT2D eigenvalue weighted by atomic mass is 9.77. The number of rotatable bonds is 3. The van der Waals surface area contributed by atoms with E-state index in [-0.39, 0.29) is 17.4 Å². The number of piperidine rings is 1. The molecule has 1 unspecified atom stereocenters. The van der Waals surface area contributed by atoms with Crippen molar-refractivity contribution in [1.29, 1.82) is 0 Å². The fourth-order valence-electron chi connectivity index (χ4n) is 6.48. The molecule has 1 spiro atoms. The second kappa shape index (κ2) is 9.30. The highest BCUT2D eigenvalue weighted by atomic mass is 16.6. The number of likely N-dealkylation sites (tertiary alicyclic amines) is 2. The molecule has 4 heterocycles. The molecule has 7 heteroatoms. The smallest absolute Gasteiger partial charge is 0.410 e. The van der Waals surface area contributed by atoms with Crippen molar-refractivity contribution in [2.24, 2.45) is 5.41 Å². The second-order valence-electron chi connectivity index (χ2n) is 12.1. The van der Waals surface area contributed by atoms with Crippen molar-refractivity contribution >= 4 is 23.4 Å². The van der Waals surface area contributed by atoms with Crippen LogP contribution in [0.4, 0.5) is 16.2 Å². The van der Waals surface area contributed by atoms with Crippen LogP contribution in [0.1, 0.15) is 64.9 Å². The highest BCUT2D eigenvalue weighted by Crippen LogP contribution is 2.44. The van der Waals surface area contributed by atoms with Crippen LogP contribution in [0.2, 0.25) is 0 Å². The Morgan fingerprint density at radius 1 is 1.00 bits per heavy atom. The number of carbonyl (C=O) groups excluding carboxylic acids is 2. The number of anilines is 2. The van der Waals surface area contributed by atoms with E-state index >= 15 is 0 Å². The number of carbonyl (C=O) groups is 2. The predicted molar refractivity (Wildman–Crippen MR) is 139 cm³/mol. The molecule has 35 heavy (non-hydrogen) atoms. The van der Waals surface area contributed by atoms with Crippen molar-refractivity contribution in [2.45, 2.75) is 77.9 Å². The van der Waals surface area contributed by atoms with Crippen LogP contribution in [-0.2, 0) is 9.53 Å². The van der Waals surface area contributed by atoms with E-state index in [1.807, 2.05) is 25.7 Å². The second-order valence-corrected chi connectivity index (χ2v) is 12.1. The summed E-state index contributed by atoms with van der Waals surface area (Å²) in [5.41, 5.74) is 2.64.